The van der Waals surface area contributed by atoms with Crippen LogP contribution in [0, 0.1) is 12.8 Å². The van der Waals surface area contributed by atoms with E-state index in [1.165, 1.54) is 28.8 Å². The quantitative estimate of drug-likeness (QED) is 0.606. The average Bonchev–Trinajstić information content (AvgIpc) is 3.15. The minimum atomic E-state index is 0.0624. The van der Waals surface area contributed by atoms with Gasteiger partial charge in [0.25, 0.3) is 0 Å². The van der Waals surface area contributed by atoms with Crippen LogP contribution in [0.25, 0.3) is 11.0 Å². The minimum absolute atomic E-state index is 0.0624. The van der Waals surface area contributed by atoms with Gasteiger partial charge in [-0.25, -0.2) is 0 Å². The molecule has 0 spiro atoms. The summed E-state index contributed by atoms with van der Waals surface area (Å²) in [6, 6.07) is 16.3. The molecule has 6 heteroatoms. The van der Waals surface area contributed by atoms with Crippen molar-refractivity contribution in [2.24, 2.45) is 5.92 Å². The Bertz CT molecular complexity index is 965. The van der Waals surface area contributed by atoms with Crippen LogP contribution in [0.15, 0.2) is 48.5 Å². The zero-order valence-corrected chi connectivity index (χ0v) is 18.0. The predicted octanol–water partition coefficient (Wildman–Crippen LogP) is 3.15. The Morgan fingerprint density at radius 3 is 2.53 bits per heavy atom. The summed E-state index contributed by atoms with van der Waals surface area (Å²) in [6.07, 6.45) is 3.47. The van der Waals surface area contributed by atoms with Crippen LogP contribution in [0.2, 0.25) is 0 Å². The van der Waals surface area contributed by atoms with E-state index >= 15 is 0 Å². The fourth-order valence-corrected chi connectivity index (χ4v) is 4.38. The number of hydrogen-bond acceptors (Lipinski definition) is 4. The third kappa shape index (κ3) is 5.05. The molecule has 4 rings (SSSR count). The van der Waals surface area contributed by atoms with E-state index < -0.39 is 0 Å². The molecule has 1 saturated heterocycles. The highest BCUT2D eigenvalue weighted by atomic mass is 16.2. The molecule has 0 radical (unpaired) electrons. The second-order valence-electron chi connectivity index (χ2n) is 8.48. The maximum atomic E-state index is 12.7. The van der Waals surface area contributed by atoms with Gasteiger partial charge < -0.3 is 9.80 Å². The number of aromatic nitrogens is 3. The number of aryl methyl sites for hydroxylation is 1. The van der Waals surface area contributed by atoms with Crippen molar-refractivity contribution in [1.29, 1.82) is 0 Å². The van der Waals surface area contributed by atoms with Crippen LogP contribution in [-0.4, -0.2) is 63.9 Å². The average molecular weight is 406 g/mol. The molecule has 1 aliphatic rings. The molecule has 6 nitrogen and oxygen atoms in total. The first-order valence-corrected chi connectivity index (χ1v) is 10.9. The molecule has 158 valence electrons. The van der Waals surface area contributed by atoms with Crippen LogP contribution in [0.4, 0.5) is 0 Å². The maximum Gasteiger partial charge on any atom is 0.245 e. The van der Waals surface area contributed by atoms with E-state index in [-0.39, 0.29) is 12.5 Å². The summed E-state index contributed by atoms with van der Waals surface area (Å²) in [5.41, 5.74) is 4.45. The molecule has 30 heavy (non-hydrogen) atoms. The van der Waals surface area contributed by atoms with Crippen molar-refractivity contribution < 1.29 is 4.79 Å². The molecule has 1 amide bonds. The molecule has 1 aromatic heterocycles. The lowest BCUT2D eigenvalue weighted by Crippen LogP contribution is -2.43. The Morgan fingerprint density at radius 1 is 1.10 bits per heavy atom. The highest BCUT2D eigenvalue weighted by Crippen LogP contribution is 2.19. The van der Waals surface area contributed by atoms with Crippen LogP contribution in [0.1, 0.15) is 24.0 Å². The SMILES string of the molecule is Cc1ccccc1CCN1CCCC(CN(C)C(=O)Cn2nc3ccccc3n2)C1. The number of piperidine rings is 1. The van der Waals surface area contributed by atoms with Gasteiger partial charge in [0.15, 0.2) is 0 Å². The van der Waals surface area contributed by atoms with Gasteiger partial charge in [-0.05, 0) is 61.9 Å². The van der Waals surface area contributed by atoms with E-state index in [4.69, 9.17) is 0 Å². The molecule has 0 saturated carbocycles. The van der Waals surface area contributed by atoms with Gasteiger partial charge in [0, 0.05) is 26.7 Å². The number of likely N-dealkylation sites (tertiary alicyclic amines) is 1. The number of benzene rings is 2. The summed E-state index contributed by atoms with van der Waals surface area (Å²) >= 11 is 0. The Labute approximate surface area is 178 Å². The topological polar surface area (TPSA) is 54.3 Å². The van der Waals surface area contributed by atoms with Crippen molar-refractivity contribution in [2.45, 2.75) is 32.7 Å². The lowest BCUT2D eigenvalue weighted by molar-refractivity contribution is -0.131. The zero-order chi connectivity index (χ0) is 20.9. The Hall–Kier alpha value is -2.73. The molecule has 1 unspecified atom stereocenters. The largest absolute Gasteiger partial charge is 0.344 e. The Balaban J connectivity index is 1.27. The Kier molecular flexibility index (Phi) is 6.43. The molecular weight excluding hydrogens is 374 g/mol. The van der Waals surface area contributed by atoms with Crippen molar-refractivity contribution in [2.75, 3.05) is 33.2 Å². The first-order valence-electron chi connectivity index (χ1n) is 10.9. The fraction of sp³-hybridized carbons (Fsp3) is 0.458. The van der Waals surface area contributed by atoms with Crippen LogP contribution in [0.5, 0.6) is 0 Å². The number of carbonyl (C=O) groups excluding carboxylic acids is 1. The van der Waals surface area contributed by atoms with Gasteiger partial charge in [-0.2, -0.15) is 15.0 Å². The third-order valence-corrected chi connectivity index (χ3v) is 6.12. The number of hydrogen-bond donors (Lipinski definition) is 0. The predicted molar refractivity (Wildman–Crippen MR) is 119 cm³/mol. The molecular formula is C24H31N5O. The van der Waals surface area contributed by atoms with Gasteiger partial charge in [0.2, 0.25) is 5.91 Å². The molecule has 2 heterocycles. The number of likely N-dealkylation sites (N-methyl/N-ethyl adjacent to an activating group) is 1. The minimum Gasteiger partial charge on any atom is -0.344 e. The monoisotopic (exact) mass is 405 g/mol. The van der Waals surface area contributed by atoms with Gasteiger partial charge in [-0.15, -0.1) is 0 Å². The number of fused-ring (bicyclic) bond motifs is 1. The van der Waals surface area contributed by atoms with E-state index in [0.717, 1.165) is 43.6 Å². The molecule has 0 N–H and O–H groups in total. The van der Waals surface area contributed by atoms with Crippen LogP contribution < -0.4 is 0 Å². The lowest BCUT2D eigenvalue weighted by atomic mass is 9.96. The molecule has 3 aromatic rings. The van der Waals surface area contributed by atoms with Crippen molar-refractivity contribution in [3.63, 3.8) is 0 Å². The summed E-state index contributed by atoms with van der Waals surface area (Å²) in [6.45, 7) is 6.47. The smallest absolute Gasteiger partial charge is 0.245 e. The first kappa shape index (κ1) is 20.5. The maximum absolute atomic E-state index is 12.7. The molecule has 0 aliphatic carbocycles. The van der Waals surface area contributed by atoms with E-state index in [2.05, 4.69) is 46.3 Å². The van der Waals surface area contributed by atoms with Crippen LogP contribution >= 0.6 is 0 Å². The molecule has 1 fully saturated rings. The molecule has 0 bridgehead atoms. The molecule has 1 aliphatic heterocycles. The van der Waals surface area contributed by atoms with Gasteiger partial charge >= 0.3 is 0 Å². The van der Waals surface area contributed by atoms with E-state index in [9.17, 15) is 4.79 Å². The second-order valence-corrected chi connectivity index (χ2v) is 8.48. The standard InChI is InChI=1S/C24H31N5O/c1-19-8-3-4-10-21(19)13-15-28-14-7-9-20(17-28)16-27(2)24(30)18-29-25-22-11-5-6-12-23(22)26-29/h3-6,8,10-12,20H,7,9,13-18H2,1-2H3. The summed E-state index contributed by atoms with van der Waals surface area (Å²) in [5, 5.41) is 8.81. The van der Waals surface area contributed by atoms with Crippen molar-refractivity contribution in [3.8, 4) is 0 Å². The normalized spacial score (nSPS) is 17.3. The zero-order valence-electron chi connectivity index (χ0n) is 18.0. The number of rotatable bonds is 7. The fourth-order valence-electron chi connectivity index (χ4n) is 4.38. The van der Waals surface area contributed by atoms with Crippen molar-refractivity contribution in [3.05, 3.63) is 59.7 Å². The Morgan fingerprint density at radius 2 is 1.80 bits per heavy atom. The number of nitrogens with zero attached hydrogens (tertiary/aromatic N) is 5. The van der Waals surface area contributed by atoms with Crippen LogP contribution in [-0.2, 0) is 17.8 Å². The van der Waals surface area contributed by atoms with Crippen molar-refractivity contribution in [1.82, 2.24) is 24.8 Å². The first-order chi connectivity index (χ1) is 14.6. The van der Waals surface area contributed by atoms with Crippen LogP contribution in [0.3, 0.4) is 0 Å². The summed E-state index contributed by atoms with van der Waals surface area (Å²) in [4.78, 5) is 18.6. The van der Waals surface area contributed by atoms with E-state index in [1.807, 2.05) is 36.2 Å². The van der Waals surface area contributed by atoms with E-state index in [1.54, 1.807) is 0 Å². The number of amides is 1. The van der Waals surface area contributed by atoms with Crippen molar-refractivity contribution >= 4 is 16.9 Å². The van der Waals surface area contributed by atoms with Gasteiger partial charge in [-0.1, -0.05) is 36.4 Å². The summed E-state index contributed by atoms with van der Waals surface area (Å²) < 4.78 is 0. The summed E-state index contributed by atoms with van der Waals surface area (Å²) in [7, 11) is 1.90. The summed E-state index contributed by atoms with van der Waals surface area (Å²) in [5.74, 6) is 0.585. The molecule has 1 atom stereocenters. The van der Waals surface area contributed by atoms with Gasteiger partial charge in [-0.3, -0.25) is 4.79 Å². The van der Waals surface area contributed by atoms with Gasteiger partial charge in [0.1, 0.15) is 17.6 Å². The number of carbonyl (C=O) groups is 1. The lowest BCUT2D eigenvalue weighted by Gasteiger charge is -2.34. The second kappa shape index (κ2) is 9.39. The molecule has 2 aromatic carbocycles. The van der Waals surface area contributed by atoms with Gasteiger partial charge in [0.05, 0.1) is 0 Å². The third-order valence-electron chi connectivity index (χ3n) is 6.12. The highest BCUT2D eigenvalue weighted by Gasteiger charge is 2.23. The van der Waals surface area contributed by atoms with E-state index in [0.29, 0.717) is 5.92 Å². The highest BCUT2D eigenvalue weighted by molar-refractivity contribution is 5.77.